The molecule has 2 rings (SSSR count). The van der Waals surface area contributed by atoms with Gasteiger partial charge in [0.05, 0.1) is 0 Å². The van der Waals surface area contributed by atoms with Gasteiger partial charge in [-0.25, -0.2) is 4.39 Å². The summed E-state index contributed by atoms with van der Waals surface area (Å²) in [6.07, 6.45) is 3.14. The van der Waals surface area contributed by atoms with Crippen molar-refractivity contribution in [1.29, 1.82) is 0 Å². The second kappa shape index (κ2) is 6.94. The molecule has 0 bridgehead atoms. The maximum Gasteiger partial charge on any atom is 0.267 e. The van der Waals surface area contributed by atoms with E-state index in [1.807, 2.05) is 13.8 Å². The van der Waals surface area contributed by atoms with E-state index in [1.54, 1.807) is 0 Å². The number of anilines is 1. The van der Waals surface area contributed by atoms with Crippen molar-refractivity contribution in [2.24, 2.45) is 0 Å². The van der Waals surface area contributed by atoms with E-state index in [0.717, 1.165) is 36.1 Å². The number of hydrogen-bond acceptors (Lipinski definition) is 1. The number of rotatable bonds is 3. The van der Waals surface area contributed by atoms with E-state index >= 15 is 0 Å². The van der Waals surface area contributed by atoms with Crippen molar-refractivity contribution in [3.63, 3.8) is 0 Å². The Morgan fingerprint density at radius 1 is 1.25 bits per heavy atom. The molecular weight excluding hydrogens is 349 g/mol. The van der Waals surface area contributed by atoms with Crippen LogP contribution >= 0.6 is 7.92 Å². The third-order valence-electron chi connectivity index (χ3n) is 4.33. The molecule has 107 valence electrons. The molecule has 1 aromatic carbocycles. The molecule has 0 aromatic heterocycles. The Morgan fingerprint density at radius 3 is 2.10 bits per heavy atom. The summed E-state index contributed by atoms with van der Waals surface area (Å²) in [6, 6.07) is 2.94. The summed E-state index contributed by atoms with van der Waals surface area (Å²) in [6.45, 7) is 8.08. The number of amides is 1. The zero-order valence-electron chi connectivity index (χ0n) is 12.6. The standard InChI is InChI=1S/C15H21FNOP.Y/c1-10-8-12(16)9-11(2)13(10)17-14(18)15(19(3)4)6-5-7-15;/h8-9H,5-7H2,1-4H3,(H,17,18);/p+1. The van der Waals surface area contributed by atoms with Gasteiger partial charge in [0.15, 0.2) is 5.16 Å². The van der Waals surface area contributed by atoms with Crippen molar-refractivity contribution >= 4 is 19.5 Å². The predicted octanol–water partition coefficient (Wildman–Crippen LogP) is 3.78. The zero-order chi connectivity index (χ0) is 14.2. The Morgan fingerprint density at radius 2 is 1.75 bits per heavy atom. The molecule has 0 aliphatic heterocycles. The van der Waals surface area contributed by atoms with Crippen LogP contribution in [-0.4, -0.2) is 24.4 Å². The van der Waals surface area contributed by atoms with Crippen LogP contribution in [0.1, 0.15) is 30.4 Å². The van der Waals surface area contributed by atoms with Gasteiger partial charge in [0, 0.05) is 59.6 Å². The van der Waals surface area contributed by atoms with Gasteiger partial charge in [-0.1, -0.05) is 0 Å². The molecule has 1 saturated carbocycles. The fraction of sp³-hybridized carbons (Fsp3) is 0.533. The van der Waals surface area contributed by atoms with Crippen LogP contribution in [0, 0.1) is 19.7 Å². The summed E-state index contributed by atoms with van der Waals surface area (Å²) < 4.78 is 13.3. The van der Waals surface area contributed by atoms with Crippen molar-refractivity contribution in [1.82, 2.24) is 0 Å². The molecule has 0 saturated heterocycles. The fourth-order valence-corrected chi connectivity index (χ4v) is 4.70. The van der Waals surface area contributed by atoms with Gasteiger partial charge in [-0.15, -0.1) is 0 Å². The average Bonchev–Trinajstić information content (AvgIpc) is 2.20. The molecule has 1 aliphatic rings. The normalized spacial score (nSPS) is 16.3. The van der Waals surface area contributed by atoms with Crippen molar-refractivity contribution in [3.05, 3.63) is 29.1 Å². The molecule has 1 fully saturated rings. The van der Waals surface area contributed by atoms with Gasteiger partial charge in [-0.05, 0) is 56.4 Å². The van der Waals surface area contributed by atoms with E-state index in [4.69, 9.17) is 0 Å². The first kappa shape index (κ1) is 18.2. The quantitative estimate of drug-likeness (QED) is 0.806. The van der Waals surface area contributed by atoms with Crippen molar-refractivity contribution in [3.8, 4) is 0 Å². The van der Waals surface area contributed by atoms with Crippen molar-refractivity contribution in [2.75, 3.05) is 18.6 Å². The minimum atomic E-state index is -0.673. The molecule has 0 heterocycles. The van der Waals surface area contributed by atoms with Crippen LogP contribution in [0.4, 0.5) is 10.1 Å². The number of benzene rings is 1. The molecule has 1 aliphatic carbocycles. The molecule has 1 radical (unpaired) electrons. The fourth-order valence-electron chi connectivity index (χ4n) is 2.83. The number of hydrogen-bond donors (Lipinski definition) is 1. The summed E-state index contributed by atoms with van der Waals surface area (Å²) in [7, 11) is -0.673. The summed E-state index contributed by atoms with van der Waals surface area (Å²) in [5, 5.41) is 2.92. The zero-order valence-corrected chi connectivity index (χ0v) is 16.5. The summed E-state index contributed by atoms with van der Waals surface area (Å²) in [4.78, 5) is 12.6. The third kappa shape index (κ3) is 3.31. The number of carbonyl (C=O) groups is 1. The number of halogens is 1. The molecule has 0 atom stereocenters. The van der Waals surface area contributed by atoms with E-state index in [2.05, 4.69) is 18.6 Å². The summed E-state index contributed by atoms with van der Waals surface area (Å²) in [5.41, 5.74) is 2.36. The first-order chi connectivity index (χ1) is 8.86. The minimum Gasteiger partial charge on any atom is -0.322 e. The molecule has 0 unspecified atom stereocenters. The van der Waals surface area contributed by atoms with E-state index in [9.17, 15) is 9.18 Å². The van der Waals surface area contributed by atoms with Gasteiger partial charge < -0.3 is 5.32 Å². The molecule has 1 N–H and O–H groups in total. The van der Waals surface area contributed by atoms with E-state index in [-0.39, 0.29) is 49.6 Å². The Labute approximate surface area is 146 Å². The first-order valence-corrected chi connectivity index (χ1v) is 9.25. The summed E-state index contributed by atoms with van der Waals surface area (Å²) in [5.74, 6) is -0.113. The average molecular weight is 371 g/mol. The van der Waals surface area contributed by atoms with Crippen LogP contribution in [0.3, 0.4) is 0 Å². The second-order valence-electron chi connectivity index (χ2n) is 5.80. The van der Waals surface area contributed by atoms with Gasteiger partial charge in [0.25, 0.3) is 5.91 Å². The second-order valence-corrected chi connectivity index (χ2v) is 8.76. The molecule has 2 nitrogen and oxygen atoms in total. The smallest absolute Gasteiger partial charge is 0.267 e. The van der Waals surface area contributed by atoms with Crippen LogP contribution in [-0.2, 0) is 37.5 Å². The molecule has 20 heavy (non-hydrogen) atoms. The SMILES string of the molecule is Cc1cc(F)cc(C)c1NC(=O)C1([PH+](C)C)CCC1.[Y]. The molecule has 1 amide bonds. The van der Waals surface area contributed by atoms with Crippen LogP contribution in [0.25, 0.3) is 0 Å². The Bertz CT molecular complexity index is 492. The van der Waals surface area contributed by atoms with Gasteiger partial charge in [-0.2, -0.15) is 0 Å². The summed E-state index contributed by atoms with van der Waals surface area (Å²) >= 11 is 0. The minimum absolute atomic E-state index is 0. The van der Waals surface area contributed by atoms with E-state index in [0.29, 0.717) is 0 Å². The van der Waals surface area contributed by atoms with Crippen LogP contribution < -0.4 is 5.32 Å². The number of carbonyl (C=O) groups excluding carboxylic acids is 1. The molecule has 0 spiro atoms. The van der Waals surface area contributed by atoms with E-state index in [1.165, 1.54) is 12.1 Å². The maximum absolute atomic E-state index is 13.3. The molecule has 1 aromatic rings. The van der Waals surface area contributed by atoms with Gasteiger partial charge in [0.1, 0.15) is 5.82 Å². The topological polar surface area (TPSA) is 29.1 Å². The Balaban J connectivity index is 0.00000200. The molecule has 5 heteroatoms. The van der Waals surface area contributed by atoms with Crippen molar-refractivity contribution in [2.45, 2.75) is 38.3 Å². The molecular formula is C15H22FNOPY+. The van der Waals surface area contributed by atoms with Gasteiger partial charge in [0.2, 0.25) is 0 Å². The first-order valence-electron chi connectivity index (χ1n) is 6.75. The predicted molar refractivity (Wildman–Crippen MR) is 81.2 cm³/mol. The third-order valence-corrected chi connectivity index (χ3v) is 6.98. The van der Waals surface area contributed by atoms with Gasteiger partial charge in [-0.3, -0.25) is 4.79 Å². The van der Waals surface area contributed by atoms with Gasteiger partial charge >= 0.3 is 0 Å². The van der Waals surface area contributed by atoms with Crippen LogP contribution in [0.5, 0.6) is 0 Å². The van der Waals surface area contributed by atoms with Crippen LogP contribution in [0.2, 0.25) is 0 Å². The van der Waals surface area contributed by atoms with Crippen molar-refractivity contribution < 1.29 is 41.9 Å². The Kier molecular flexibility index (Phi) is 6.32. The largest absolute Gasteiger partial charge is 0.322 e. The number of nitrogens with one attached hydrogen (secondary N) is 1. The van der Waals surface area contributed by atoms with E-state index < -0.39 is 7.92 Å². The maximum atomic E-state index is 13.3. The van der Waals surface area contributed by atoms with Crippen LogP contribution in [0.15, 0.2) is 12.1 Å². The Hall–Kier alpha value is 0.154. The number of aryl methyl sites for hydroxylation is 2. The monoisotopic (exact) mass is 371 g/mol.